The molecule has 0 amide bonds. The second-order valence-electron chi connectivity index (χ2n) is 4.01. The molecule has 0 aliphatic heterocycles. The second-order valence-corrected chi connectivity index (χ2v) is 5.18. The summed E-state index contributed by atoms with van der Waals surface area (Å²) in [6, 6.07) is 11.3. The first-order chi connectivity index (χ1) is 9.26. The number of rotatable bonds is 5. The van der Waals surface area contributed by atoms with Crippen LogP contribution < -0.4 is 0 Å². The van der Waals surface area contributed by atoms with Gasteiger partial charge >= 0.3 is 5.97 Å². The Balaban J connectivity index is 2.33. The SMILES string of the molecule is COC(=O)c1ccccc1-c1ccc(CCC=O)s1. The fourth-order valence-electron chi connectivity index (χ4n) is 1.84. The van der Waals surface area contributed by atoms with Crippen LogP contribution in [0.4, 0.5) is 0 Å². The maximum atomic E-state index is 11.7. The number of hydrogen-bond acceptors (Lipinski definition) is 4. The molecule has 0 spiro atoms. The van der Waals surface area contributed by atoms with E-state index in [1.807, 2.05) is 30.3 Å². The third-order valence-electron chi connectivity index (χ3n) is 2.77. The molecule has 0 atom stereocenters. The molecule has 1 aromatic heterocycles. The van der Waals surface area contributed by atoms with E-state index < -0.39 is 0 Å². The number of ether oxygens (including phenoxy) is 1. The van der Waals surface area contributed by atoms with Crippen molar-refractivity contribution in [1.29, 1.82) is 0 Å². The molecule has 2 aromatic rings. The quantitative estimate of drug-likeness (QED) is 0.620. The summed E-state index contributed by atoms with van der Waals surface area (Å²) in [5.41, 5.74) is 1.44. The molecule has 1 aromatic carbocycles. The smallest absolute Gasteiger partial charge is 0.338 e. The van der Waals surface area contributed by atoms with E-state index >= 15 is 0 Å². The molecule has 0 saturated heterocycles. The van der Waals surface area contributed by atoms with Crippen LogP contribution in [-0.2, 0) is 16.0 Å². The summed E-state index contributed by atoms with van der Waals surface area (Å²) >= 11 is 1.60. The Bertz CT molecular complexity index is 587. The van der Waals surface area contributed by atoms with E-state index in [1.165, 1.54) is 7.11 Å². The highest BCUT2D eigenvalue weighted by Gasteiger charge is 2.13. The lowest BCUT2D eigenvalue weighted by Crippen LogP contribution is -2.02. The molecule has 0 unspecified atom stereocenters. The Morgan fingerprint density at radius 2 is 2.05 bits per heavy atom. The average Bonchev–Trinajstić information content (AvgIpc) is 2.93. The van der Waals surface area contributed by atoms with Gasteiger partial charge in [-0.1, -0.05) is 18.2 Å². The van der Waals surface area contributed by atoms with Crippen LogP contribution in [0.5, 0.6) is 0 Å². The van der Waals surface area contributed by atoms with Crippen molar-refractivity contribution in [2.45, 2.75) is 12.8 Å². The molecule has 0 saturated carbocycles. The van der Waals surface area contributed by atoms with E-state index in [9.17, 15) is 9.59 Å². The highest BCUT2D eigenvalue weighted by molar-refractivity contribution is 7.15. The van der Waals surface area contributed by atoms with Crippen molar-refractivity contribution in [1.82, 2.24) is 0 Å². The number of benzene rings is 1. The molecule has 98 valence electrons. The molecule has 19 heavy (non-hydrogen) atoms. The minimum Gasteiger partial charge on any atom is -0.465 e. The first-order valence-corrected chi connectivity index (χ1v) is 6.78. The lowest BCUT2D eigenvalue weighted by molar-refractivity contribution is -0.107. The highest BCUT2D eigenvalue weighted by atomic mass is 32.1. The molecule has 0 bridgehead atoms. The predicted octanol–water partition coefficient (Wildman–Crippen LogP) is 3.33. The van der Waals surface area contributed by atoms with Gasteiger partial charge in [0.1, 0.15) is 6.29 Å². The molecule has 3 nitrogen and oxygen atoms in total. The molecule has 0 N–H and O–H groups in total. The van der Waals surface area contributed by atoms with Gasteiger partial charge in [0.15, 0.2) is 0 Å². The van der Waals surface area contributed by atoms with Crippen LogP contribution in [0.1, 0.15) is 21.7 Å². The Kier molecular flexibility index (Phi) is 4.47. The third kappa shape index (κ3) is 3.09. The van der Waals surface area contributed by atoms with Gasteiger partial charge in [-0.05, 0) is 24.6 Å². The van der Waals surface area contributed by atoms with Crippen molar-refractivity contribution in [3.05, 3.63) is 46.8 Å². The van der Waals surface area contributed by atoms with Crippen molar-refractivity contribution in [3.63, 3.8) is 0 Å². The van der Waals surface area contributed by atoms with Gasteiger partial charge in [-0.25, -0.2) is 4.79 Å². The van der Waals surface area contributed by atoms with Crippen molar-refractivity contribution in [2.75, 3.05) is 7.11 Å². The number of hydrogen-bond donors (Lipinski definition) is 0. The van der Waals surface area contributed by atoms with Crippen LogP contribution in [0, 0.1) is 0 Å². The van der Waals surface area contributed by atoms with Crippen LogP contribution in [0.15, 0.2) is 36.4 Å². The molecule has 2 rings (SSSR count). The molecule has 4 heteroatoms. The standard InChI is InChI=1S/C15H14O3S/c1-18-15(17)13-7-3-2-6-12(13)14-9-8-11(19-14)5-4-10-16/h2-3,6-10H,4-5H2,1H3. The first kappa shape index (κ1) is 13.5. The summed E-state index contributed by atoms with van der Waals surface area (Å²) in [4.78, 5) is 24.3. The fourth-order valence-corrected chi connectivity index (χ4v) is 2.91. The van der Waals surface area contributed by atoms with Gasteiger partial charge in [0.05, 0.1) is 12.7 Å². The van der Waals surface area contributed by atoms with E-state index in [0.717, 1.165) is 28.0 Å². The van der Waals surface area contributed by atoms with Crippen molar-refractivity contribution < 1.29 is 14.3 Å². The zero-order chi connectivity index (χ0) is 13.7. The molecule has 0 aliphatic rings. The Morgan fingerprint density at radius 1 is 1.26 bits per heavy atom. The monoisotopic (exact) mass is 274 g/mol. The summed E-state index contributed by atoms with van der Waals surface area (Å²) in [7, 11) is 1.38. The number of aryl methyl sites for hydroxylation is 1. The number of carbonyl (C=O) groups is 2. The Morgan fingerprint density at radius 3 is 2.79 bits per heavy atom. The topological polar surface area (TPSA) is 43.4 Å². The zero-order valence-corrected chi connectivity index (χ0v) is 11.4. The predicted molar refractivity (Wildman–Crippen MR) is 75.5 cm³/mol. The van der Waals surface area contributed by atoms with Crippen LogP contribution in [0.2, 0.25) is 0 Å². The van der Waals surface area contributed by atoms with Gasteiger partial charge in [-0.2, -0.15) is 0 Å². The second kappa shape index (κ2) is 6.29. The summed E-state index contributed by atoms with van der Waals surface area (Å²) in [6.45, 7) is 0. The lowest BCUT2D eigenvalue weighted by Gasteiger charge is -2.05. The molecular weight excluding hydrogens is 260 g/mol. The van der Waals surface area contributed by atoms with Gasteiger partial charge in [0, 0.05) is 21.7 Å². The molecule has 1 heterocycles. The average molecular weight is 274 g/mol. The number of aldehydes is 1. The maximum absolute atomic E-state index is 11.7. The van der Waals surface area contributed by atoms with E-state index in [2.05, 4.69) is 0 Å². The van der Waals surface area contributed by atoms with Crippen molar-refractivity contribution >= 4 is 23.6 Å². The fraction of sp³-hybridized carbons (Fsp3) is 0.200. The molecule has 0 fully saturated rings. The van der Waals surface area contributed by atoms with Crippen LogP contribution in [0.3, 0.4) is 0 Å². The molecular formula is C15H14O3S. The first-order valence-electron chi connectivity index (χ1n) is 5.96. The molecule has 0 aliphatic carbocycles. The van der Waals surface area contributed by atoms with Crippen LogP contribution >= 0.6 is 11.3 Å². The number of thiophene rings is 1. The van der Waals surface area contributed by atoms with E-state index in [-0.39, 0.29) is 5.97 Å². The van der Waals surface area contributed by atoms with E-state index in [0.29, 0.717) is 12.0 Å². The van der Waals surface area contributed by atoms with Gasteiger partial charge < -0.3 is 9.53 Å². The molecule has 0 radical (unpaired) electrons. The largest absolute Gasteiger partial charge is 0.465 e. The van der Waals surface area contributed by atoms with Gasteiger partial charge in [0.25, 0.3) is 0 Å². The number of esters is 1. The van der Waals surface area contributed by atoms with E-state index in [4.69, 9.17) is 4.74 Å². The van der Waals surface area contributed by atoms with Crippen LogP contribution in [-0.4, -0.2) is 19.4 Å². The zero-order valence-electron chi connectivity index (χ0n) is 10.6. The van der Waals surface area contributed by atoms with E-state index in [1.54, 1.807) is 17.4 Å². The van der Waals surface area contributed by atoms with Gasteiger partial charge in [0.2, 0.25) is 0 Å². The maximum Gasteiger partial charge on any atom is 0.338 e. The van der Waals surface area contributed by atoms with Gasteiger partial charge in [-0.15, -0.1) is 11.3 Å². The van der Waals surface area contributed by atoms with Crippen LogP contribution in [0.25, 0.3) is 10.4 Å². The number of carbonyl (C=O) groups excluding carboxylic acids is 2. The lowest BCUT2D eigenvalue weighted by atomic mass is 10.1. The summed E-state index contributed by atoms with van der Waals surface area (Å²) < 4.78 is 4.79. The highest BCUT2D eigenvalue weighted by Crippen LogP contribution is 2.31. The van der Waals surface area contributed by atoms with Crippen molar-refractivity contribution in [3.8, 4) is 10.4 Å². The number of methoxy groups -OCH3 is 1. The Hall–Kier alpha value is -1.94. The summed E-state index contributed by atoms with van der Waals surface area (Å²) in [5, 5.41) is 0. The summed E-state index contributed by atoms with van der Waals surface area (Å²) in [6.07, 6.45) is 2.19. The third-order valence-corrected chi connectivity index (χ3v) is 3.95. The normalized spacial score (nSPS) is 10.2. The minimum atomic E-state index is -0.335. The Labute approximate surface area is 115 Å². The van der Waals surface area contributed by atoms with Crippen molar-refractivity contribution in [2.24, 2.45) is 0 Å². The van der Waals surface area contributed by atoms with Gasteiger partial charge in [-0.3, -0.25) is 0 Å². The summed E-state index contributed by atoms with van der Waals surface area (Å²) in [5.74, 6) is -0.335. The minimum absolute atomic E-state index is 0.335.